The van der Waals surface area contributed by atoms with Gasteiger partial charge < -0.3 is 24.8 Å². The highest BCUT2D eigenvalue weighted by Crippen LogP contribution is 2.26. The number of rotatable bonds is 9. The zero-order valence-electron chi connectivity index (χ0n) is 16.4. The molecule has 0 saturated heterocycles. The summed E-state index contributed by atoms with van der Waals surface area (Å²) in [5.74, 6) is 2.14. The van der Waals surface area contributed by atoms with Crippen LogP contribution >= 0.6 is 0 Å². The van der Waals surface area contributed by atoms with E-state index in [4.69, 9.17) is 14.2 Å². The van der Waals surface area contributed by atoms with Crippen molar-refractivity contribution in [3.05, 3.63) is 60.2 Å². The number of para-hydroxylation sites is 2. The number of aliphatic imine (C=N–C) groups is 1. The van der Waals surface area contributed by atoms with Crippen LogP contribution < -0.4 is 20.1 Å². The standard InChI is InChI=1S/C21H29N3O3/c1-16(27-19-13-9-8-12-18(19)25-3)14-23-21(22-2)24-15-20(26-4)17-10-6-5-7-11-17/h5-13,16,20H,14-15H2,1-4H3,(H2,22,23,24). The number of nitrogens with zero attached hydrogens (tertiary/aromatic N) is 1. The van der Waals surface area contributed by atoms with Gasteiger partial charge in [-0.05, 0) is 24.6 Å². The minimum Gasteiger partial charge on any atom is -0.493 e. The van der Waals surface area contributed by atoms with Crippen LogP contribution in [-0.4, -0.2) is 46.4 Å². The lowest BCUT2D eigenvalue weighted by Crippen LogP contribution is -2.43. The summed E-state index contributed by atoms with van der Waals surface area (Å²) in [5, 5.41) is 6.57. The molecule has 0 radical (unpaired) electrons. The smallest absolute Gasteiger partial charge is 0.191 e. The van der Waals surface area contributed by atoms with Gasteiger partial charge in [-0.1, -0.05) is 42.5 Å². The number of hydrogen-bond acceptors (Lipinski definition) is 4. The Morgan fingerprint density at radius 2 is 1.56 bits per heavy atom. The van der Waals surface area contributed by atoms with Gasteiger partial charge in [0.05, 0.1) is 19.8 Å². The summed E-state index contributed by atoms with van der Waals surface area (Å²) in [6.07, 6.45) is -0.112. The third-order valence-electron chi connectivity index (χ3n) is 4.09. The van der Waals surface area contributed by atoms with E-state index in [1.54, 1.807) is 21.3 Å². The molecular weight excluding hydrogens is 342 g/mol. The van der Waals surface area contributed by atoms with Gasteiger partial charge in [0.15, 0.2) is 17.5 Å². The predicted octanol–water partition coefficient (Wildman–Crippen LogP) is 3.02. The van der Waals surface area contributed by atoms with E-state index in [9.17, 15) is 0 Å². The number of nitrogens with one attached hydrogen (secondary N) is 2. The molecule has 0 aliphatic rings. The van der Waals surface area contributed by atoms with Crippen LogP contribution in [0.3, 0.4) is 0 Å². The summed E-state index contributed by atoms with van der Waals surface area (Å²) in [5.41, 5.74) is 1.12. The Bertz CT molecular complexity index is 707. The molecule has 2 unspecified atom stereocenters. The van der Waals surface area contributed by atoms with Gasteiger partial charge in [-0.2, -0.15) is 0 Å². The first-order chi connectivity index (χ1) is 13.2. The van der Waals surface area contributed by atoms with Crippen LogP contribution in [0.1, 0.15) is 18.6 Å². The molecule has 0 aromatic heterocycles. The van der Waals surface area contributed by atoms with E-state index >= 15 is 0 Å². The van der Waals surface area contributed by atoms with Crippen LogP contribution in [0.2, 0.25) is 0 Å². The molecule has 0 heterocycles. The first kappa shape index (κ1) is 20.6. The van der Waals surface area contributed by atoms with Crippen LogP contribution in [0.15, 0.2) is 59.6 Å². The van der Waals surface area contributed by atoms with Crippen molar-refractivity contribution in [2.75, 3.05) is 34.4 Å². The lowest BCUT2D eigenvalue weighted by atomic mass is 10.1. The van der Waals surface area contributed by atoms with E-state index < -0.39 is 0 Å². The van der Waals surface area contributed by atoms with Crippen LogP contribution in [0.25, 0.3) is 0 Å². The summed E-state index contributed by atoms with van der Waals surface area (Å²) in [7, 11) is 5.08. The fourth-order valence-electron chi connectivity index (χ4n) is 2.63. The summed E-state index contributed by atoms with van der Waals surface area (Å²) in [6, 6.07) is 17.7. The number of benzene rings is 2. The van der Waals surface area contributed by atoms with Crippen LogP contribution in [0.5, 0.6) is 11.5 Å². The Morgan fingerprint density at radius 1 is 0.926 bits per heavy atom. The Balaban J connectivity index is 1.82. The van der Waals surface area contributed by atoms with Gasteiger partial charge in [0.1, 0.15) is 6.10 Å². The molecule has 0 aliphatic carbocycles. The average Bonchev–Trinajstić information content (AvgIpc) is 2.71. The number of guanidine groups is 1. The van der Waals surface area contributed by atoms with E-state index in [0.717, 1.165) is 17.1 Å². The lowest BCUT2D eigenvalue weighted by molar-refractivity contribution is 0.106. The first-order valence-electron chi connectivity index (χ1n) is 8.99. The first-order valence-corrected chi connectivity index (χ1v) is 8.99. The van der Waals surface area contributed by atoms with Crippen molar-refractivity contribution in [1.29, 1.82) is 0 Å². The monoisotopic (exact) mass is 371 g/mol. The third kappa shape index (κ3) is 6.49. The second kappa shape index (κ2) is 11.1. The van der Waals surface area contributed by atoms with Gasteiger partial charge in [-0.3, -0.25) is 4.99 Å². The van der Waals surface area contributed by atoms with Crippen LogP contribution in [0, 0.1) is 0 Å². The molecular formula is C21H29N3O3. The van der Waals surface area contributed by atoms with Gasteiger partial charge >= 0.3 is 0 Å². The van der Waals surface area contributed by atoms with Crippen molar-refractivity contribution in [2.24, 2.45) is 4.99 Å². The van der Waals surface area contributed by atoms with Crippen molar-refractivity contribution in [2.45, 2.75) is 19.1 Å². The summed E-state index contributed by atoms with van der Waals surface area (Å²) >= 11 is 0. The van der Waals surface area contributed by atoms with E-state index in [1.807, 2.05) is 49.4 Å². The molecule has 0 aliphatic heterocycles. The molecule has 2 rings (SSSR count). The molecule has 0 fully saturated rings. The maximum Gasteiger partial charge on any atom is 0.191 e. The molecule has 2 N–H and O–H groups in total. The van der Waals surface area contributed by atoms with Crippen LogP contribution in [0.4, 0.5) is 0 Å². The predicted molar refractivity (Wildman–Crippen MR) is 109 cm³/mol. The molecule has 27 heavy (non-hydrogen) atoms. The van der Waals surface area contributed by atoms with Crippen LogP contribution in [-0.2, 0) is 4.74 Å². The van der Waals surface area contributed by atoms with Gasteiger partial charge in [-0.25, -0.2) is 0 Å². The van der Waals surface area contributed by atoms with Crippen molar-refractivity contribution in [1.82, 2.24) is 10.6 Å². The minimum atomic E-state index is -0.0628. The minimum absolute atomic E-state index is 0.0491. The molecule has 0 saturated carbocycles. The van der Waals surface area contributed by atoms with E-state index in [0.29, 0.717) is 19.0 Å². The summed E-state index contributed by atoms with van der Waals surface area (Å²) in [6.45, 7) is 3.21. The van der Waals surface area contributed by atoms with Gasteiger partial charge in [0.25, 0.3) is 0 Å². The second-order valence-electron chi connectivity index (χ2n) is 6.05. The van der Waals surface area contributed by atoms with E-state index in [-0.39, 0.29) is 12.2 Å². The van der Waals surface area contributed by atoms with Crippen molar-refractivity contribution >= 4 is 5.96 Å². The topological polar surface area (TPSA) is 64.1 Å². The summed E-state index contributed by atoms with van der Waals surface area (Å²) in [4.78, 5) is 4.26. The fourth-order valence-corrected chi connectivity index (χ4v) is 2.63. The highest BCUT2D eigenvalue weighted by atomic mass is 16.5. The molecule has 146 valence electrons. The maximum absolute atomic E-state index is 5.95. The Morgan fingerprint density at radius 3 is 2.19 bits per heavy atom. The lowest BCUT2D eigenvalue weighted by Gasteiger charge is -2.21. The zero-order chi connectivity index (χ0) is 19.5. The normalized spacial score (nSPS) is 13.6. The highest BCUT2D eigenvalue weighted by Gasteiger charge is 2.12. The number of ether oxygens (including phenoxy) is 3. The molecule has 0 spiro atoms. The zero-order valence-corrected chi connectivity index (χ0v) is 16.4. The Labute approximate surface area is 161 Å². The second-order valence-corrected chi connectivity index (χ2v) is 6.05. The largest absolute Gasteiger partial charge is 0.493 e. The van der Waals surface area contributed by atoms with E-state index in [2.05, 4.69) is 27.8 Å². The molecule has 6 nitrogen and oxygen atoms in total. The van der Waals surface area contributed by atoms with Crippen molar-refractivity contribution < 1.29 is 14.2 Å². The number of methoxy groups -OCH3 is 2. The molecule has 2 aromatic carbocycles. The molecule has 0 bridgehead atoms. The third-order valence-corrected chi connectivity index (χ3v) is 4.09. The maximum atomic E-state index is 5.95. The molecule has 2 aromatic rings. The number of hydrogen-bond donors (Lipinski definition) is 2. The quantitative estimate of drug-likeness (QED) is 0.524. The Kier molecular flexibility index (Phi) is 8.45. The molecule has 0 amide bonds. The van der Waals surface area contributed by atoms with E-state index in [1.165, 1.54) is 0 Å². The molecule has 6 heteroatoms. The van der Waals surface area contributed by atoms with Gasteiger partial charge in [-0.15, -0.1) is 0 Å². The Hall–Kier alpha value is -2.73. The van der Waals surface area contributed by atoms with Gasteiger partial charge in [0, 0.05) is 20.7 Å². The summed E-state index contributed by atoms with van der Waals surface area (Å²) < 4.78 is 16.8. The van der Waals surface area contributed by atoms with Gasteiger partial charge in [0.2, 0.25) is 0 Å². The highest BCUT2D eigenvalue weighted by molar-refractivity contribution is 5.79. The molecule has 2 atom stereocenters. The SMILES string of the molecule is CN=C(NCC(C)Oc1ccccc1OC)NCC(OC)c1ccccc1. The fraction of sp³-hybridized carbons (Fsp3) is 0.381. The van der Waals surface area contributed by atoms with Crippen molar-refractivity contribution in [3.63, 3.8) is 0 Å². The average molecular weight is 371 g/mol. The van der Waals surface area contributed by atoms with Crippen molar-refractivity contribution in [3.8, 4) is 11.5 Å².